The smallest absolute Gasteiger partial charge is 0.224 e. The fraction of sp³-hybridized carbons (Fsp3) is 0.444. The average molecular weight is 299 g/mol. The first-order valence-corrected chi connectivity index (χ1v) is 7.78. The largest absolute Gasteiger partial charge is 0.326 e. The van der Waals surface area contributed by atoms with E-state index in [2.05, 4.69) is 30.3 Å². The van der Waals surface area contributed by atoms with E-state index in [-0.39, 0.29) is 5.91 Å². The van der Waals surface area contributed by atoms with Gasteiger partial charge in [-0.15, -0.1) is 0 Å². The molecule has 1 N–H and O–H groups in total. The Balaban J connectivity index is 2.02. The van der Waals surface area contributed by atoms with Gasteiger partial charge in [-0.25, -0.2) is 0 Å². The molecule has 0 fully saturated rings. The zero-order valence-electron chi connectivity index (χ0n) is 14.1. The minimum absolute atomic E-state index is 0.0516. The number of para-hydroxylation sites is 1. The molecular formula is C18H25N3O. The van der Waals surface area contributed by atoms with Crippen molar-refractivity contribution >= 4 is 11.6 Å². The third-order valence-corrected chi connectivity index (χ3v) is 4.12. The molecule has 0 spiro atoms. The molecule has 2 aromatic rings. The van der Waals surface area contributed by atoms with Crippen LogP contribution in [0.15, 0.2) is 24.3 Å². The molecule has 1 amide bonds. The van der Waals surface area contributed by atoms with Gasteiger partial charge in [-0.2, -0.15) is 5.10 Å². The van der Waals surface area contributed by atoms with Crippen molar-refractivity contribution in [2.75, 3.05) is 5.32 Å². The number of hydrogen-bond acceptors (Lipinski definition) is 2. The molecule has 0 aliphatic carbocycles. The number of aryl methyl sites for hydroxylation is 2. The van der Waals surface area contributed by atoms with Crippen LogP contribution < -0.4 is 5.32 Å². The van der Waals surface area contributed by atoms with E-state index in [4.69, 9.17) is 0 Å². The van der Waals surface area contributed by atoms with Gasteiger partial charge >= 0.3 is 0 Å². The second-order valence-corrected chi connectivity index (χ2v) is 6.06. The molecular weight excluding hydrogens is 274 g/mol. The Morgan fingerprint density at radius 2 is 1.95 bits per heavy atom. The number of benzene rings is 1. The van der Waals surface area contributed by atoms with Crippen LogP contribution in [-0.4, -0.2) is 15.7 Å². The molecule has 0 aliphatic heterocycles. The molecule has 22 heavy (non-hydrogen) atoms. The van der Waals surface area contributed by atoms with E-state index >= 15 is 0 Å². The van der Waals surface area contributed by atoms with Crippen molar-refractivity contribution in [1.29, 1.82) is 0 Å². The molecule has 4 heteroatoms. The van der Waals surface area contributed by atoms with Crippen molar-refractivity contribution < 1.29 is 4.79 Å². The molecule has 0 saturated carbocycles. The van der Waals surface area contributed by atoms with Crippen LogP contribution in [0, 0.1) is 13.8 Å². The lowest BCUT2D eigenvalue weighted by molar-refractivity contribution is -0.116. The Kier molecular flexibility index (Phi) is 5.01. The van der Waals surface area contributed by atoms with Crippen LogP contribution in [0.25, 0.3) is 0 Å². The second-order valence-electron chi connectivity index (χ2n) is 6.06. The summed E-state index contributed by atoms with van der Waals surface area (Å²) in [6.07, 6.45) is 1.20. The van der Waals surface area contributed by atoms with E-state index in [1.165, 1.54) is 11.1 Å². The van der Waals surface area contributed by atoms with Gasteiger partial charge < -0.3 is 5.32 Å². The second kappa shape index (κ2) is 6.77. The summed E-state index contributed by atoms with van der Waals surface area (Å²) in [7, 11) is 1.94. The third-order valence-electron chi connectivity index (χ3n) is 4.12. The van der Waals surface area contributed by atoms with Crippen molar-refractivity contribution in [3.63, 3.8) is 0 Å². The van der Waals surface area contributed by atoms with Gasteiger partial charge in [-0.05, 0) is 43.4 Å². The molecule has 4 nitrogen and oxygen atoms in total. The van der Waals surface area contributed by atoms with E-state index in [9.17, 15) is 4.79 Å². The van der Waals surface area contributed by atoms with Crippen LogP contribution in [0.2, 0.25) is 0 Å². The lowest BCUT2D eigenvalue weighted by Crippen LogP contribution is -2.14. The summed E-state index contributed by atoms with van der Waals surface area (Å²) < 4.78 is 1.87. The Morgan fingerprint density at radius 1 is 1.27 bits per heavy atom. The van der Waals surface area contributed by atoms with E-state index in [0.717, 1.165) is 23.5 Å². The van der Waals surface area contributed by atoms with Crippen LogP contribution in [0.3, 0.4) is 0 Å². The van der Waals surface area contributed by atoms with E-state index in [0.29, 0.717) is 12.3 Å². The highest BCUT2D eigenvalue weighted by Gasteiger charge is 2.13. The number of aromatic nitrogens is 2. The van der Waals surface area contributed by atoms with Crippen molar-refractivity contribution in [2.45, 2.75) is 46.5 Å². The van der Waals surface area contributed by atoms with Gasteiger partial charge in [0, 0.05) is 24.8 Å². The van der Waals surface area contributed by atoms with Crippen LogP contribution in [-0.2, 0) is 18.3 Å². The first-order chi connectivity index (χ1) is 10.4. The molecule has 1 aromatic carbocycles. The summed E-state index contributed by atoms with van der Waals surface area (Å²) in [6.45, 7) is 8.30. The Morgan fingerprint density at radius 3 is 2.55 bits per heavy atom. The van der Waals surface area contributed by atoms with Crippen molar-refractivity contribution in [2.24, 2.45) is 7.05 Å². The number of hydrogen-bond donors (Lipinski definition) is 1. The lowest BCUT2D eigenvalue weighted by Gasteiger charge is -2.13. The van der Waals surface area contributed by atoms with Gasteiger partial charge in [0.05, 0.1) is 5.69 Å². The number of nitrogens with one attached hydrogen (secondary N) is 1. The fourth-order valence-corrected chi connectivity index (χ4v) is 2.74. The van der Waals surface area contributed by atoms with Crippen LogP contribution in [0.1, 0.15) is 48.7 Å². The predicted octanol–water partition coefficient (Wildman–Crippen LogP) is 3.73. The SMILES string of the molecule is Cc1nn(C)c(C)c1CCC(=O)Nc1ccccc1C(C)C. The molecule has 0 bridgehead atoms. The summed E-state index contributed by atoms with van der Waals surface area (Å²) in [6, 6.07) is 7.99. The standard InChI is InChI=1S/C18H25N3O/c1-12(2)15-8-6-7-9-17(15)19-18(22)11-10-16-13(3)20-21(5)14(16)4/h6-9,12H,10-11H2,1-5H3,(H,19,22). The molecule has 0 radical (unpaired) electrons. The monoisotopic (exact) mass is 299 g/mol. The first-order valence-electron chi connectivity index (χ1n) is 7.78. The van der Waals surface area contributed by atoms with Gasteiger partial charge in [0.15, 0.2) is 0 Å². The molecule has 0 atom stereocenters. The van der Waals surface area contributed by atoms with E-state index in [1.807, 2.05) is 43.8 Å². The van der Waals surface area contributed by atoms with Crippen LogP contribution >= 0.6 is 0 Å². The molecule has 2 rings (SSSR count). The zero-order valence-corrected chi connectivity index (χ0v) is 14.1. The fourth-order valence-electron chi connectivity index (χ4n) is 2.74. The zero-order chi connectivity index (χ0) is 16.3. The highest BCUT2D eigenvalue weighted by molar-refractivity contribution is 5.91. The lowest BCUT2D eigenvalue weighted by atomic mass is 10.0. The van der Waals surface area contributed by atoms with Crippen LogP contribution in [0.5, 0.6) is 0 Å². The Hall–Kier alpha value is -2.10. The normalized spacial score (nSPS) is 11.0. The molecule has 0 unspecified atom stereocenters. The molecule has 0 saturated heterocycles. The van der Waals surface area contributed by atoms with Gasteiger partial charge in [-0.3, -0.25) is 9.48 Å². The molecule has 0 aliphatic rings. The van der Waals surface area contributed by atoms with Crippen molar-refractivity contribution in [3.05, 3.63) is 46.8 Å². The van der Waals surface area contributed by atoms with Crippen molar-refractivity contribution in [1.82, 2.24) is 9.78 Å². The van der Waals surface area contributed by atoms with Gasteiger partial charge in [0.1, 0.15) is 0 Å². The summed E-state index contributed by atoms with van der Waals surface area (Å²) in [5.74, 6) is 0.440. The molecule has 118 valence electrons. The number of amides is 1. The minimum Gasteiger partial charge on any atom is -0.326 e. The Bertz CT molecular complexity index is 671. The topological polar surface area (TPSA) is 46.9 Å². The average Bonchev–Trinajstić information content (AvgIpc) is 2.70. The van der Waals surface area contributed by atoms with E-state index in [1.54, 1.807) is 0 Å². The molecule has 1 aromatic heterocycles. The number of rotatable bonds is 5. The number of carbonyl (C=O) groups excluding carboxylic acids is 1. The number of anilines is 1. The third kappa shape index (κ3) is 3.56. The maximum absolute atomic E-state index is 12.3. The maximum Gasteiger partial charge on any atom is 0.224 e. The maximum atomic E-state index is 12.3. The first kappa shape index (κ1) is 16.3. The Labute approximate surface area is 132 Å². The van der Waals surface area contributed by atoms with Gasteiger partial charge in [0.25, 0.3) is 0 Å². The van der Waals surface area contributed by atoms with E-state index < -0.39 is 0 Å². The quantitative estimate of drug-likeness (QED) is 0.914. The summed E-state index contributed by atoms with van der Waals surface area (Å²) in [5, 5.41) is 7.44. The summed E-state index contributed by atoms with van der Waals surface area (Å²) in [4.78, 5) is 12.3. The van der Waals surface area contributed by atoms with Crippen LogP contribution in [0.4, 0.5) is 5.69 Å². The molecule has 1 heterocycles. The summed E-state index contributed by atoms with van der Waals surface area (Å²) >= 11 is 0. The number of nitrogens with zero attached hydrogens (tertiary/aromatic N) is 2. The highest BCUT2D eigenvalue weighted by Crippen LogP contribution is 2.24. The minimum atomic E-state index is 0.0516. The van der Waals surface area contributed by atoms with Gasteiger partial charge in [0.2, 0.25) is 5.91 Å². The van der Waals surface area contributed by atoms with Gasteiger partial charge in [-0.1, -0.05) is 32.0 Å². The number of carbonyl (C=O) groups is 1. The van der Waals surface area contributed by atoms with Crippen molar-refractivity contribution in [3.8, 4) is 0 Å². The highest BCUT2D eigenvalue weighted by atomic mass is 16.1. The summed E-state index contributed by atoms with van der Waals surface area (Å²) in [5.41, 5.74) is 5.41. The predicted molar refractivity (Wildman–Crippen MR) is 90.2 cm³/mol.